The number of nitrogens with zero attached hydrogens (tertiary/aromatic N) is 2. The van der Waals surface area contributed by atoms with Gasteiger partial charge in [-0.05, 0) is 24.0 Å². The minimum absolute atomic E-state index is 0.0941. The topological polar surface area (TPSA) is 66.9 Å². The van der Waals surface area contributed by atoms with Crippen LogP contribution in [-0.4, -0.2) is 21.9 Å². The van der Waals surface area contributed by atoms with Crippen LogP contribution in [0.3, 0.4) is 0 Å². The van der Waals surface area contributed by atoms with Crippen LogP contribution in [0.5, 0.6) is 0 Å². The Labute approximate surface area is 156 Å². The van der Waals surface area contributed by atoms with Crippen molar-refractivity contribution in [1.29, 1.82) is 0 Å². The molecular formula is C20H22F2N4O. The molecule has 0 saturated heterocycles. The zero-order valence-electron chi connectivity index (χ0n) is 15.5. The number of amides is 1. The average Bonchev–Trinajstić information content (AvgIpc) is 3.00. The molecular weight excluding hydrogens is 350 g/mol. The number of halogens is 2. The highest BCUT2D eigenvalue weighted by molar-refractivity contribution is 6.02. The minimum Gasteiger partial charge on any atom is -0.363 e. The summed E-state index contributed by atoms with van der Waals surface area (Å²) in [6.07, 6.45) is 1.75. The molecule has 0 saturated carbocycles. The maximum Gasteiger partial charge on any atom is 0.257 e. The smallest absolute Gasteiger partial charge is 0.257 e. The van der Waals surface area contributed by atoms with E-state index in [0.29, 0.717) is 17.2 Å². The number of aromatic nitrogens is 2. The standard InChI is InChI=1S/C20H22F2N4O/c1-5-14(11(4)10(2)3)24-19-17-15(9-23-20(17)27)25-18(26-19)16-12(21)7-6-8-13(16)22/h5-8,10-11,14H,1,9H2,2-4H3,(H,23,27)(H,24,25,26)/t11-,14?/m1/s1. The van der Waals surface area contributed by atoms with Crippen LogP contribution in [0, 0.1) is 23.5 Å². The molecule has 2 atom stereocenters. The molecule has 7 heteroatoms. The first-order valence-corrected chi connectivity index (χ1v) is 8.86. The Morgan fingerprint density at radius 3 is 2.44 bits per heavy atom. The molecule has 1 amide bonds. The predicted octanol–water partition coefficient (Wildman–Crippen LogP) is 3.92. The molecule has 0 fully saturated rings. The second kappa shape index (κ2) is 7.42. The molecule has 2 heterocycles. The summed E-state index contributed by atoms with van der Waals surface area (Å²) in [4.78, 5) is 20.8. The lowest BCUT2D eigenvalue weighted by Crippen LogP contribution is -2.30. The van der Waals surface area contributed by atoms with E-state index >= 15 is 0 Å². The first-order valence-electron chi connectivity index (χ1n) is 8.86. The molecule has 1 aromatic heterocycles. The third kappa shape index (κ3) is 3.54. The molecule has 0 radical (unpaired) electrons. The second-order valence-corrected chi connectivity index (χ2v) is 7.01. The molecule has 3 rings (SSSR count). The summed E-state index contributed by atoms with van der Waals surface area (Å²) in [7, 11) is 0. The molecule has 0 bridgehead atoms. The zero-order chi connectivity index (χ0) is 19.7. The van der Waals surface area contributed by atoms with E-state index in [1.807, 2.05) is 0 Å². The third-order valence-corrected chi connectivity index (χ3v) is 4.99. The van der Waals surface area contributed by atoms with E-state index in [9.17, 15) is 13.6 Å². The lowest BCUT2D eigenvalue weighted by molar-refractivity contribution is 0.0966. The summed E-state index contributed by atoms with van der Waals surface area (Å²) in [5.74, 6) is -1.11. The van der Waals surface area contributed by atoms with Gasteiger partial charge in [0.2, 0.25) is 0 Å². The van der Waals surface area contributed by atoms with Crippen molar-refractivity contribution in [1.82, 2.24) is 15.3 Å². The van der Waals surface area contributed by atoms with Crippen LogP contribution < -0.4 is 10.6 Å². The fourth-order valence-electron chi connectivity index (χ4n) is 3.03. The summed E-state index contributed by atoms with van der Waals surface area (Å²) < 4.78 is 28.4. The fourth-order valence-corrected chi connectivity index (χ4v) is 3.03. The molecule has 1 aliphatic rings. The van der Waals surface area contributed by atoms with Crippen LogP contribution in [0.2, 0.25) is 0 Å². The SMILES string of the molecule is C=CC(Nc1nc(-c2c(F)cccc2F)nc2c1C(=O)NC2)[C@H](C)C(C)C. The van der Waals surface area contributed by atoms with Crippen LogP contribution in [0.25, 0.3) is 11.4 Å². The highest BCUT2D eigenvalue weighted by Crippen LogP contribution is 2.30. The highest BCUT2D eigenvalue weighted by Gasteiger charge is 2.30. The molecule has 1 aliphatic heterocycles. The van der Waals surface area contributed by atoms with E-state index in [1.165, 1.54) is 6.07 Å². The molecule has 2 N–H and O–H groups in total. The highest BCUT2D eigenvalue weighted by atomic mass is 19.1. The van der Waals surface area contributed by atoms with Gasteiger partial charge in [-0.3, -0.25) is 4.79 Å². The average molecular weight is 372 g/mol. The van der Waals surface area contributed by atoms with Crippen molar-refractivity contribution in [3.05, 3.63) is 53.7 Å². The minimum atomic E-state index is -0.756. The molecule has 1 unspecified atom stereocenters. The van der Waals surface area contributed by atoms with E-state index in [-0.39, 0.29) is 41.6 Å². The van der Waals surface area contributed by atoms with Crippen molar-refractivity contribution in [3.8, 4) is 11.4 Å². The van der Waals surface area contributed by atoms with E-state index in [2.05, 4.69) is 48.0 Å². The number of nitrogens with one attached hydrogen (secondary N) is 2. The van der Waals surface area contributed by atoms with Gasteiger partial charge in [-0.2, -0.15) is 0 Å². The zero-order valence-corrected chi connectivity index (χ0v) is 15.5. The number of anilines is 1. The lowest BCUT2D eigenvalue weighted by Gasteiger charge is -2.26. The summed E-state index contributed by atoms with van der Waals surface area (Å²) in [6.45, 7) is 10.3. The van der Waals surface area contributed by atoms with Gasteiger partial charge in [-0.25, -0.2) is 18.7 Å². The molecule has 5 nitrogen and oxygen atoms in total. The maximum absolute atomic E-state index is 14.2. The lowest BCUT2D eigenvalue weighted by atomic mass is 9.90. The normalized spacial score (nSPS) is 15.3. The van der Waals surface area contributed by atoms with Crippen molar-refractivity contribution in [2.24, 2.45) is 11.8 Å². The van der Waals surface area contributed by atoms with E-state index in [0.717, 1.165) is 12.1 Å². The summed E-state index contributed by atoms with van der Waals surface area (Å²) in [5, 5.41) is 5.90. The quantitative estimate of drug-likeness (QED) is 0.754. The van der Waals surface area contributed by atoms with E-state index in [1.54, 1.807) is 6.08 Å². The number of carbonyl (C=O) groups is 1. The number of fused-ring (bicyclic) bond motifs is 1. The van der Waals surface area contributed by atoms with E-state index < -0.39 is 11.6 Å². The Hall–Kier alpha value is -2.83. The molecule has 0 spiro atoms. The number of benzene rings is 1. The number of carbonyl (C=O) groups excluding carboxylic acids is 1. The molecule has 2 aromatic rings. The van der Waals surface area contributed by atoms with Crippen LogP contribution in [0.1, 0.15) is 36.8 Å². The van der Waals surface area contributed by atoms with Gasteiger partial charge in [-0.1, -0.05) is 32.9 Å². The van der Waals surface area contributed by atoms with Gasteiger partial charge in [0.05, 0.1) is 17.8 Å². The van der Waals surface area contributed by atoms with Gasteiger partial charge in [0, 0.05) is 6.04 Å². The van der Waals surface area contributed by atoms with Gasteiger partial charge in [-0.15, -0.1) is 6.58 Å². The van der Waals surface area contributed by atoms with Crippen LogP contribution in [0.4, 0.5) is 14.6 Å². The Balaban J connectivity index is 2.12. The number of rotatable bonds is 6. The Kier molecular flexibility index (Phi) is 5.21. The summed E-state index contributed by atoms with van der Waals surface area (Å²) in [6, 6.07) is 3.41. The second-order valence-electron chi connectivity index (χ2n) is 7.01. The third-order valence-electron chi connectivity index (χ3n) is 4.99. The van der Waals surface area contributed by atoms with Gasteiger partial charge >= 0.3 is 0 Å². The van der Waals surface area contributed by atoms with Crippen LogP contribution in [-0.2, 0) is 6.54 Å². The molecule has 1 aromatic carbocycles. The van der Waals surface area contributed by atoms with Gasteiger partial charge in [0.15, 0.2) is 5.82 Å². The van der Waals surface area contributed by atoms with Crippen LogP contribution >= 0.6 is 0 Å². The largest absolute Gasteiger partial charge is 0.363 e. The monoisotopic (exact) mass is 372 g/mol. The van der Waals surface area contributed by atoms with Crippen molar-refractivity contribution >= 4 is 11.7 Å². The number of hydrogen-bond acceptors (Lipinski definition) is 4. The summed E-state index contributed by atoms with van der Waals surface area (Å²) in [5.41, 5.74) is 0.406. The Morgan fingerprint density at radius 2 is 1.85 bits per heavy atom. The first kappa shape index (κ1) is 18.9. The first-order chi connectivity index (χ1) is 12.8. The Morgan fingerprint density at radius 1 is 1.19 bits per heavy atom. The van der Waals surface area contributed by atoms with Crippen molar-refractivity contribution in [2.45, 2.75) is 33.4 Å². The predicted molar refractivity (Wildman–Crippen MR) is 100 cm³/mol. The van der Waals surface area contributed by atoms with Gasteiger partial charge in [0.25, 0.3) is 5.91 Å². The van der Waals surface area contributed by atoms with Crippen molar-refractivity contribution in [2.75, 3.05) is 5.32 Å². The van der Waals surface area contributed by atoms with Crippen molar-refractivity contribution < 1.29 is 13.6 Å². The fraction of sp³-hybridized carbons (Fsp3) is 0.350. The van der Waals surface area contributed by atoms with Gasteiger partial charge < -0.3 is 10.6 Å². The number of hydrogen-bond donors (Lipinski definition) is 2. The van der Waals surface area contributed by atoms with Gasteiger partial charge in [0.1, 0.15) is 23.0 Å². The van der Waals surface area contributed by atoms with Crippen LogP contribution in [0.15, 0.2) is 30.9 Å². The molecule has 142 valence electrons. The van der Waals surface area contributed by atoms with Crippen molar-refractivity contribution in [3.63, 3.8) is 0 Å². The molecule has 27 heavy (non-hydrogen) atoms. The van der Waals surface area contributed by atoms with E-state index in [4.69, 9.17) is 0 Å². The summed E-state index contributed by atoms with van der Waals surface area (Å²) >= 11 is 0. The molecule has 0 aliphatic carbocycles. The Bertz CT molecular complexity index is 878. The maximum atomic E-state index is 14.2.